The van der Waals surface area contributed by atoms with Gasteiger partial charge in [0.1, 0.15) is 0 Å². The minimum atomic E-state index is -3.19. The van der Waals surface area contributed by atoms with Crippen LogP contribution in [-0.2, 0) is 10.0 Å². The highest BCUT2D eigenvalue weighted by atomic mass is 32.2. The van der Waals surface area contributed by atoms with E-state index in [-0.39, 0.29) is 12.1 Å². The Morgan fingerprint density at radius 1 is 1.30 bits per heavy atom. The predicted molar refractivity (Wildman–Crippen MR) is 83.6 cm³/mol. The Balaban J connectivity index is 2.17. The van der Waals surface area contributed by atoms with Crippen LogP contribution in [0, 0.1) is 0 Å². The minimum Gasteiger partial charge on any atom is -0.304 e. The maximum Gasteiger partial charge on any atom is 0.209 e. The van der Waals surface area contributed by atoms with Crippen molar-refractivity contribution in [3.63, 3.8) is 0 Å². The first-order valence-electron chi connectivity index (χ1n) is 6.80. The molecule has 0 amide bonds. The smallest absolute Gasteiger partial charge is 0.209 e. The van der Waals surface area contributed by atoms with E-state index in [1.54, 1.807) is 11.3 Å². The van der Waals surface area contributed by atoms with Crippen molar-refractivity contribution >= 4 is 21.4 Å². The Morgan fingerprint density at radius 2 is 1.95 bits per heavy atom. The van der Waals surface area contributed by atoms with Crippen LogP contribution in [0.15, 0.2) is 17.5 Å². The second kappa shape index (κ2) is 6.53. The summed E-state index contributed by atoms with van der Waals surface area (Å²) in [6, 6.07) is 4.09. The van der Waals surface area contributed by atoms with E-state index in [1.165, 1.54) is 11.1 Å². The van der Waals surface area contributed by atoms with Gasteiger partial charge in [0, 0.05) is 37.1 Å². The molecule has 0 saturated carbocycles. The van der Waals surface area contributed by atoms with Gasteiger partial charge in [-0.15, -0.1) is 11.3 Å². The molecular formula is C13H23N3O2S2. The molecule has 20 heavy (non-hydrogen) atoms. The van der Waals surface area contributed by atoms with E-state index in [9.17, 15) is 8.42 Å². The zero-order valence-corrected chi connectivity index (χ0v) is 13.9. The van der Waals surface area contributed by atoms with E-state index in [0.717, 1.165) is 26.2 Å². The number of sulfonamides is 1. The highest BCUT2D eigenvalue weighted by Crippen LogP contribution is 2.29. The summed E-state index contributed by atoms with van der Waals surface area (Å²) in [6.45, 7) is 5.92. The molecule has 1 aliphatic heterocycles. The first-order valence-corrected chi connectivity index (χ1v) is 9.57. The fourth-order valence-electron chi connectivity index (χ4n) is 2.70. The number of nitrogens with zero attached hydrogens (tertiary/aromatic N) is 2. The summed E-state index contributed by atoms with van der Waals surface area (Å²) in [5, 5.41) is 2.05. The molecule has 2 atom stereocenters. The molecule has 0 unspecified atom stereocenters. The van der Waals surface area contributed by atoms with Crippen LogP contribution in [0.25, 0.3) is 0 Å². The third-order valence-corrected chi connectivity index (χ3v) is 5.38. The molecule has 0 spiro atoms. The number of piperazine rings is 1. The molecule has 1 aromatic heterocycles. The van der Waals surface area contributed by atoms with E-state index in [2.05, 4.69) is 27.6 Å². The van der Waals surface area contributed by atoms with Gasteiger partial charge in [-0.1, -0.05) is 6.07 Å². The molecule has 1 N–H and O–H groups in total. The topological polar surface area (TPSA) is 52.7 Å². The normalized spacial score (nSPS) is 21.8. The molecule has 0 aliphatic carbocycles. The van der Waals surface area contributed by atoms with E-state index in [0.29, 0.717) is 0 Å². The second-order valence-corrected chi connectivity index (χ2v) is 8.24. The summed E-state index contributed by atoms with van der Waals surface area (Å²) < 4.78 is 25.8. The maximum atomic E-state index is 11.5. The Morgan fingerprint density at radius 3 is 2.45 bits per heavy atom. The average molecular weight is 317 g/mol. The van der Waals surface area contributed by atoms with E-state index in [4.69, 9.17) is 0 Å². The van der Waals surface area contributed by atoms with Gasteiger partial charge in [0.15, 0.2) is 0 Å². The summed E-state index contributed by atoms with van der Waals surface area (Å²) >= 11 is 1.69. The average Bonchev–Trinajstić information content (AvgIpc) is 2.83. The minimum absolute atomic E-state index is 0.110. The van der Waals surface area contributed by atoms with Gasteiger partial charge in [-0.2, -0.15) is 0 Å². The fraction of sp³-hybridized carbons (Fsp3) is 0.692. The zero-order valence-electron chi connectivity index (χ0n) is 12.2. The summed E-state index contributed by atoms with van der Waals surface area (Å²) in [6.07, 6.45) is 1.22. The van der Waals surface area contributed by atoms with Crippen molar-refractivity contribution in [3.05, 3.63) is 22.4 Å². The van der Waals surface area contributed by atoms with Crippen LogP contribution >= 0.6 is 11.3 Å². The highest BCUT2D eigenvalue weighted by Gasteiger charge is 2.30. The van der Waals surface area contributed by atoms with Crippen LogP contribution in [0.5, 0.6) is 0 Å². The number of thiophene rings is 1. The molecule has 1 fully saturated rings. The number of nitrogens with one attached hydrogen (secondary N) is 1. The molecule has 2 heterocycles. The molecule has 2 rings (SSSR count). The molecule has 1 aliphatic rings. The Hall–Kier alpha value is -0.470. The molecule has 1 saturated heterocycles. The quantitative estimate of drug-likeness (QED) is 0.879. The summed E-state index contributed by atoms with van der Waals surface area (Å²) in [7, 11) is -1.07. The fourth-order valence-corrected chi connectivity index (χ4v) is 4.47. The van der Waals surface area contributed by atoms with Crippen LogP contribution in [0.2, 0.25) is 0 Å². The van der Waals surface area contributed by atoms with E-state index in [1.807, 2.05) is 18.4 Å². The molecule has 0 bridgehead atoms. The SMILES string of the molecule is C[C@H](NS(C)(=O)=O)[C@H](c1cccs1)N1CCN(C)CC1. The van der Waals surface area contributed by atoms with Crippen LogP contribution in [0.3, 0.4) is 0 Å². The summed E-state index contributed by atoms with van der Waals surface area (Å²) in [5.41, 5.74) is 0. The molecule has 0 aromatic carbocycles. The number of likely N-dealkylation sites (N-methyl/N-ethyl adjacent to an activating group) is 1. The van der Waals surface area contributed by atoms with E-state index >= 15 is 0 Å². The molecule has 1 aromatic rings. The van der Waals surface area contributed by atoms with Crippen molar-refractivity contribution in [1.82, 2.24) is 14.5 Å². The predicted octanol–water partition coefficient (Wildman–Crippen LogP) is 0.974. The van der Waals surface area contributed by atoms with Crippen LogP contribution in [0.1, 0.15) is 17.8 Å². The maximum absolute atomic E-state index is 11.5. The number of hydrogen-bond donors (Lipinski definition) is 1. The number of rotatable bonds is 5. The standard InChI is InChI=1S/C13H23N3O2S2/c1-11(14-20(3,17)18)13(12-5-4-10-19-12)16-8-6-15(2)7-9-16/h4-5,10-11,13-14H,6-9H2,1-3H3/t11-,13+/m0/s1. The van der Waals surface area contributed by atoms with Gasteiger partial charge in [-0.3, -0.25) is 4.90 Å². The molecular weight excluding hydrogens is 294 g/mol. The summed E-state index contributed by atoms with van der Waals surface area (Å²) in [4.78, 5) is 5.91. The lowest BCUT2D eigenvalue weighted by molar-refractivity contribution is 0.0995. The first kappa shape index (κ1) is 15.9. The van der Waals surface area contributed by atoms with Gasteiger partial charge in [0.2, 0.25) is 10.0 Å². The van der Waals surface area contributed by atoms with Gasteiger partial charge >= 0.3 is 0 Å². The first-order chi connectivity index (χ1) is 9.37. The second-order valence-electron chi connectivity index (χ2n) is 5.48. The summed E-state index contributed by atoms with van der Waals surface area (Å²) in [5.74, 6) is 0. The van der Waals surface area contributed by atoms with Gasteiger partial charge < -0.3 is 4.90 Å². The van der Waals surface area contributed by atoms with Crippen molar-refractivity contribution in [1.29, 1.82) is 0 Å². The van der Waals surface area contributed by atoms with Gasteiger partial charge in [0.25, 0.3) is 0 Å². The van der Waals surface area contributed by atoms with Crippen molar-refractivity contribution < 1.29 is 8.42 Å². The lowest BCUT2D eigenvalue weighted by atomic mass is 10.1. The lowest BCUT2D eigenvalue weighted by Crippen LogP contribution is -2.51. The van der Waals surface area contributed by atoms with Gasteiger partial charge in [0.05, 0.1) is 12.3 Å². The third kappa shape index (κ3) is 4.26. The van der Waals surface area contributed by atoms with Crippen molar-refractivity contribution in [2.75, 3.05) is 39.5 Å². The molecule has 114 valence electrons. The van der Waals surface area contributed by atoms with Gasteiger partial charge in [-0.25, -0.2) is 13.1 Å². The number of hydrogen-bond acceptors (Lipinski definition) is 5. The van der Waals surface area contributed by atoms with Crippen LogP contribution in [-0.4, -0.2) is 63.7 Å². The van der Waals surface area contributed by atoms with Crippen molar-refractivity contribution in [2.24, 2.45) is 0 Å². The van der Waals surface area contributed by atoms with Crippen LogP contribution < -0.4 is 4.72 Å². The largest absolute Gasteiger partial charge is 0.304 e. The van der Waals surface area contributed by atoms with Crippen molar-refractivity contribution in [3.8, 4) is 0 Å². The van der Waals surface area contributed by atoms with Gasteiger partial charge in [-0.05, 0) is 25.4 Å². The zero-order chi connectivity index (χ0) is 14.8. The Labute approximate surface area is 125 Å². The Kier molecular flexibility index (Phi) is 5.19. The molecule has 7 heteroatoms. The molecule has 0 radical (unpaired) electrons. The monoisotopic (exact) mass is 317 g/mol. The lowest BCUT2D eigenvalue weighted by Gasteiger charge is -2.40. The highest BCUT2D eigenvalue weighted by molar-refractivity contribution is 7.88. The molecule has 5 nitrogen and oxygen atoms in total. The van der Waals surface area contributed by atoms with E-state index < -0.39 is 10.0 Å². The van der Waals surface area contributed by atoms with Crippen molar-refractivity contribution in [2.45, 2.75) is 19.0 Å². The van der Waals surface area contributed by atoms with Crippen LogP contribution in [0.4, 0.5) is 0 Å². The Bertz CT molecular complexity index is 508. The third-order valence-electron chi connectivity index (χ3n) is 3.64.